The van der Waals surface area contributed by atoms with Gasteiger partial charge in [-0.2, -0.15) is 0 Å². The smallest absolute Gasteiger partial charge is 0.259 e. The molecule has 1 aliphatic carbocycles. The van der Waals surface area contributed by atoms with E-state index in [2.05, 4.69) is 20.2 Å². The largest absolute Gasteiger partial charge is 0.340 e. The standard InChI is InChI=1S/C25H29N5O3S/c31-21(26-17-6-2-1-3-7-17)16-29-12-14-30(15-13-29)22(32)11-10-20-27-24(33)23-18-8-4-5-9-19(18)34-25(23)28-20/h1-3,6-7H,4-5,8-16H2,(H,26,31)(H,27,28,33). The second-order valence-corrected chi connectivity index (χ2v) is 10.1. The van der Waals surface area contributed by atoms with E-state index in [1.807, 2.05) is 35.2 Å². The van der Waals surface area contributed by atoms with Crippen molar-refractivity contribution < 1.29 is 9.59 Å². The number of amides is 2. The maximum atomic E-state index is 12.8. The highest BCUT2D eigenvalue weighted by Crippen LogP contribution is 2.33. The van der Waals surface area contributed by atoms with Gasteiger partial charge >= 0.3 is 0 Å². The van der Waals surface area contributed by atoms with Crippen molar-refractivity contribution >= 4 is 39.1 Å². The summed E-state index contributed by atoms with van der Waals surface area (Å²) in [4.78, 5) is 51.3. The third-order valence-corrected chi connectivity index (χ3v) is 7.79. The lowest BCUT2D eigenvalue weighted by Crippen LogP contribution is -2.50. The van der Waals surface area contributed by atoms with Gasteiger partial charge in [0.05, 0.1) is 11.9 Å². The van der Waals surface area contributed by atoms with Crippen LogP contribution < -0.4 is 10.9 Å². The topological polar surface area (TPSA) is 98.4 Å². The summed E-state index contributed by atoms with van der Waals surface area (Å²) in [6.45, 7) is 2.83. The highest BCUT2D eigenvalue weighted by molar-refractivity contribution is 7.18. The maximum absolute atomic E-state index is 12.8. The molecule has 178 valence electrons. The van der Waals surface area contributed by atoms with Crippen LogP contribution in [-0.4, -0.2) is 64.3 Å². The molecule has 2 aliphatic rings. The number of fused-ring (bicyclic) bond motifs is 3. The Morgan fingerprint density at radius 3 is 2.62 bits per heavy atom. The van der Waals surface area contributed by atoms with Crippen LogP contribution in [0, 0.1) is 0 Å². The highest BCUT2D eigenvalue weighted by atomic mass is 32.1. The van der Waals surface area contributed by atoms with Crippen molar-refractivity contribution in [1.29, 1.82) is 0 Å². The van der Waals surface area contributed by atoms with Gasteiger partial charge in [-0.1, -0.05) is 18.2 Å². The first-order chi connectivity index (χ1) is 16.6. The second kappa shape index (κ2) is 10.1. The van der Waals surface area contributed by atoms with Gasteiger partial charge in [-0.3, -0.25) is 19.3 Å². The van der Waals surface area contributed by atoms with Gasteiger partial charge in [0.25, 0.3) is 5.56 Å². The molecular formula is C25H29N5O3S. The molecule has 3 heterocycles. The summed E-state index contributed by atoms with van der Waals surface area (Å²) < 4.78 is 0. The lowest BCUT2D eigenvalue weighted by Gasteiger charge is -2.34. The maximum Gasteiger partial charge on any atom is 0.259 e. The van der Waals surface area contributed by atoms with Crippen molar-refractivity contribution in [3.63, 3.8) is 0 Å². The van der Waals surface area contributed by atoms with Crippen LogP contribution >= 0.6 is 11.3 Å². The van der Waals surface area contributed by atoms with Crippen molar-refractivity contribution in [2.24, 2.45) is 0 Å². The molecule has 3 aromatic rings. The van der Waals surface area contributed by atoms with Gasteiger partial charge in [0.15, 0.2) is 0 Å². The summed E-state index contributed by atoms with van der Waals surface area (Å²) in [5, 5.41) is 3.65. The number of H-pyrrole nitrogens is 1. The molecule has 9 heteroatoms. The summed E-state index contributed by atoms with van der Waals surface area (Å²) in [6, 6.07) is 9.41. The van der Waals surface area contributed by atoms with E-state index < -0.39 is 0 Å². The molecule has 1 saturated heterocycles. The van der Waals surface area contributed by atoms with Gasteiger partial charge in [-0.05, 0) is 43.4 Å². The highest BCUT2D eigenvalue weighted by Gasteiger charge is 2.23. The SMILES string of the molecule is O=C(CN1CCN(C(=O)CCc2nc3sc4c(c3c(=O)[nH]2)CCCC4)CC1)Nc1ccccc1. The number of aromatic nitrogens is 2. The molecule has 1 fully saturated rings. The zero-order valence-electron chi connectivity index (χ0n) is 19.1. The number of nitrogens with zero attached hydrogens (tertiary/aromatic N) is 3. The van der Waals surface area contributed by atoms with Crippen LogP contribution in [0.15, 0.2) is 35.1 Å². The van der Waals surface area contributed by atoms with Crippen LogP contribution in [0.25, 0.3) is 10.2 Å². The Balaban J connectivity index is 1.11. The molecule has 0 unspecified atom stereocenters. The number of nitrogens with one attached hydrogen (secondary N) is 2. The molecule has 2 aromatic heterocycles. The molecule has 0 saturated carbocycles. The normalized spacial score (nSPS) is 16.4. The summed E-state index contributed by atoms with van der Waals surface area (Å²) in [5.74, 6) is 0.592. The first-order valence-corrected chi connectivity index (χ1v) is 12.8. The fourth-order valence-electron chi connectivity index (χ4n) is 4.79. The van der Waals surface area contributed by atoms with Crippen LogP contribution in [-0.2, 0) is 28.9 Å². The minimum absolute atomic E-state index is 0.0494. The predicted molar refractivity (Wildman–Crippen MR) is 133 cm³/mol. The lowest BCUT2D eigenvalue weighted by molar-refractivity contribution is -0.133. The van der Waals surface area contributed by atoms with E-state index in [1.165, 1.54) is 16.9 Å². The van der Waals surface area contributed by atoms with Gasteiger partial charge < -0.3 is 15.2 Å². The first kappa shape index (κ1) is 22.7. The minimum atomic E-state index is -0.0748. The van der Waals surface area contributed by atoms with Crippen molar-refractivity contribution in [2.75, 3.05) is 38.0 Å². The van der Waals surface area contributed by atoms with E-state index in [1.54, 1.807) is 11.3 Å². The van der Waals surface area contributed by atoms with Crippen molar-refractivity contribution in [3.05, 3.63) is 57.0 Å². The fourth-order valence-corrected chi connectivity index (χ4v) is 6.07. The first-order valence-electron chi connectivity index (χ1n) is 12.0. The summed E-state index contributed by atoms with van der Waals surface area (Å²) in [5.41, 5.74) is 1.89. The van der Waals surface area contributed by atoms with E-state index >= 15 is 0 Å². The fraction of sp³-hybridized carbons (Fsp3) is 0.440. The van der Waals surface area contributed by atoms with Crippen LogP contribution in [0.2, 0.25) is 0 Å². The van der Waals surface area contributed by atoms with E-state index in [9.17, 15) is 14.4 Å². The quantitative estimate of drug-likeness (QED) is 0.566. The van der Waals surface area contributed by atoms with Crippen molar-refractivity contribution in [2.45, 2.75) is 38.5 Å². The molecule has 0 atom stereocenters. The zero-order valence-corrected chi connectivity index (χ0v) is 20.0. The molecule has 34 heavy (non-hydrogen) atoms. The molecule has 0 bridgehead atoms. The molecule has 1 aromatic carbocycles. The molecule has 0 spiro atoms. The Hall–Kier alpha value is -3.04. The van der Waals surface area contributed by atoms with Crippen LogP contribution in [0.3, 0.4) is 0 Å². The molecular weight excluding hydrogens is 450 g/mol. The molecule has 2 amide bonds. The Morgan fingerprint density at radius 2 is 1.82 bits per heavy atom. The van der Waals surface area contributed by atoms with Crippen molar-refractivity contribution in [1.82, 2.24) is 19.8 Å². The van der Waals surface area contributed by atoms with E-state index in [0.717, 1.165) is 35.2 Å². The Labute approximate surface area is 202 Å². The molecule has 1 aliphatic heterocycles. The number of benzene rings is 1. The Bertz CT molecular complexity index is 1240. The van der Waals surface area contributed by atoms with Crippen molar-refractivity contribution in [3.8, 4) is 0 Å². The van der Waals surface area contributed by atoms with E-state index in [-0.39, 0.29) is 17.4 Å². The molecule has 8 nitrogen and oxygen atoms in total. The Morgan fingerprint density at radius 1 is 1.06 bits per heavy atom. The van der Waals surface area contributed by atoms with Crippen LogP contribution in [0.1, 0.15) is 35.5 Å². The van der Waals surface area contributed by atoms with Gasteiger partial charge in [-0.25, -0.2) is 4.98 Å². The number of anilines is 1. The number of aromatic amines is 1. The summed E-state index contributed by atoms with van der Waals surface area (Å²) in [6.07, 6.45) is 5.02. The summed E-state index contributed by atoms with van der Waals surface area (Å²) >= 11 is 1.63. The molecule has 5 rings (SSSR count). The van der Waals surface area contributed by atoms with Crippen LogP contribution in [0.5, 0.6) is 0 Å². The number of carbonyl (C=O) groups is 2. The molecule has 2 N–H and O–H groups in total. The average Bonchev–Trinajstić information content (AvgIpc) is 3.22. The average molecular weight is 480 g/mol. The number of hydrogen-bond donors (Lipinski definition) is 2. The van der Waals surface area contributed by atoms with Gasteiger partial charge in [0.2, 0.25) is 11.8 Å². The number of thiophene rings is 1. The predicted octanol–water partition coefficient (Wildman–Crippen LogP) is 2.58. The van der Waals surface area contributed by atoms with E-state index in [4.69, 9.17) is 0 Å². The Kier molecular flexibility index (Phi) is 6.73. The van der Waals surface area contributed by atoms with Gasteiger partial charge in [0, 0.05) is 49.6 Å². The lowest BCUT2D eigenvalue weighted by atomic mass is 9.97. The van der Waals surface area contributed by atoms with Gasteiger partial charge in [-0.15, -0.1) is 11.3 Å². The number of rotatable bonds is 6. The number of para-hydroxylation sites is 1. The zero-order chi connectivity index (χ0) is 23.5. The molecule has 0 radical (unpaired) electrons. The number of piperazine rings is 1. The number of hydrogen-bond acceptors (Lipinski definition) is 6. The second-order valence-electron chi connectivity index (χ2n) is 8.97. The number of aryl methyl sites for hydroxylation is 3. The monoisotopic (exact) mass is 479 g/mol. The van der Waals surface area contributed by atoms with Crippen LogP contribution in [0.4, 0.5) is 5.69 Å². The third kappa shape index (κ3) is 5.05. The number of carbonyl (C=O) groups excluding carboxylic acids is 2. The minimum Gasteiger partial charge on any atom is -0.340 e. The van der Waals surface area contributed by atoms with Gasteiger partial charge in [0.1, 0.15) is 10.7 Å². The van der Waals surface area contributed by atoms with E-state index in [0.29, 0.717) is 51.4 Å². The summed E-state index contributed by atoms with van der Waals surface area (Å²) in [7, 11) is 0. The third-order valence-electron chi connectivity index (χ3n) is 6.60.